The molecule has 3 rings (SSSR count). The van der Waals surface area contributed by atoms with E-state index in [-0.39, 0.29) is 12.1 Å². The minimum Gasteiger partial charge on any atom is -0.458 e. The van der Waals surface area contributed by atoms with Crippen molar-refractivity contribution in [3.05, 3.63) is 12.2 Å². The molecule has 40 heavy (non-hydrogen) atoms. The molecule has 3 aliphatic heterocycles. The highest BCUT2D eigenvalue weighted by molar-refractivity contribution is 6.83. The molecule has 4 atom stereocenters. The van der Waals surface area contributed by atoms with Gasteiger partial charge in [-0.15, -0.1) is 0 Å². The Hall–Kier alpha value is -0.0425. The molecule has 232 valence electrons. The van der Waals surface area contributed by atoms with E-state index < -0.39 is 45.3 Å². The Morgan fingerprint density at radius 3 is 1.27 bits per heavy atom. The van der Waals surface area contributed by atoms with E-state index in [1.54, 1.807) is 6.92 Å². The summed E-state index contributed by atoms with van der Waals surface area (Å²) in [4.78, 5) is 13.7. The average molecular weight is 627 g/mol. The van der Waals surface area contributed by atoms with Crippen molar-refractivity contribution >= 4 is 40.4 Å². The van der Waals surface area contributed by atoms with Crippen LogP contribution in [-0.4, -0.2) is 82.0 Å². The van der Waals surface area contributed by atoms with Gasteiger partial charge in [0.2, 0.25) is 0 Å². The smallest absolute Gasteiger partial charge is 0.333 e. The van der Waals surface area contributed by atoms with Crippen molar-refractivity contribution < 1.29 is 23.7 Å². The number of hydrogen-bond donors (Lipinski definition) is 0. The van der Waals surface area contributed by atoms with Crippen molar-refractivity contribution in [2.45, 2.75) is 151 Å². The zero-order chi connectivity index (χ0) is 30.3. The number of ether oxygens (including phenoxy) is 4. The van der Waals surface area contributed by atoms with Crippen LogP contribution in [0.2, 0.25) is 65.0 Å². The minimum atomic E-state index is -2.15. The van der Waals surface area contributed by atoms with Crippen molar-refractivity contribution in [2.24, 2.45) is 5.41 Å². The van der Waals surface area contributed by atoms with Gasteiger partial charge < -0.3 is 18.9 Å². The molecule has 0 aromatic heterocycles. The number of esters is 1. The molecule has 0 radical (unpaired) electrons. The lowest BCUT2D eigenvalue weighted by Gasteiger charge is -2.76. The normalized spacial score (nSPS) is 33.1. The second-order valence-corrected chi connectivity index (χ2v) is 32.8. The molecule has 5 nitrogen and oxygen atoms in total. The van der Waals surface area contributed by atoms with Gasteiger partial charge >= 0.3 is 5.97 Å². The number of rotatable bonds is 10. The maximum absolute atomic E-state index is 13.7. The fourth-order valence-corrected chi connectivity index (χ4v) is 20.1. The van der Waals surface area contributed by atoms with Gasteiger partial charge in [0.1, 0.15) is 6.10 Å². The fraction of sp³-hybridized carbons (Fsp3) is 0.903. The van der Waals surface area contributed by atoms with Crippen LogP contribution in [0.3, 0.4) is 0 Å². The van der Waals surface area contributed by atoms with Crippen LogP contribution in [0.25, 0.3) is 0 Å². The lowest BCUT2D eigenvalue weighted by Crippen LogP contribution is -2.91. The molecule has 3 aliphatic rings. The van der Waals surface area contributed by atoms with E-state index in [1.807, 2.05) is 0 Å². The maximum atomic E-state index is 13.7. The van der Waals surface area contributed by atoms with Gasteiger partial charge in [-0.3, -0.25) is 0 Å². The molecule has 4 unspecified atom stereocenters. The van der Waals surface area contributed by atoms with E-state index in [1.165, 1.54) is 0 Å². The first-order chi connectivity index (χ1) is 18.4. The molecule has 3 fully saturated rings. The van der Waals surface area contributed by atoms with Crippen LogP contribution in [0.4, 0.5) is 0 Å². The second kappa shape index (κ2) is 12.2. The van der Waals surface area contributed by atoms with Gasteiger partial charge in [0.15, 0.2) is 0 Å². The van der Waals surface area contributed by atoms with Gasteiger partial charge in [-0.1, -0.05) is 65.5 Å². The third-order valence-corrected chi connectivity index (χ3v) is 21.2. The summed E-state index contributed by atoms with van der Waals surface area (Å²) in [5.74, 6) is -0.269. The molecule has 0 bridgehead atoms. The van der Waals surface area contributed by atoms with Crippen LogP contribution in [0.15, 0.2) is 12.2 Å². The quantitative estimate of drug-likeness (QED) is 0.154. The summed E-state index contributed by atoms with van der Waals surface area (Å²) >= 11 is 0. The Labute approximate surface area is 252 Å². The first kappa shape index (κ1) is 34.4. The van der Waals surface area contributed by atoms with Gasteiger partial charge in [0.05, 0.1) is 45.3 Å². The Morgan fingerprint density at radius 2 is 1.07 bits per heavy atom. The fourth-order valence-electron chi connectivity index (χ4n) is 9.33. The Balaban J connectivity index is 2.69. The number of hydrogen-bond acceptors (Lipinski definition) is 5. The largest absolute Gasteiger partial charge is 0.458 e. The Morgan fingerprint density at radius 1 is 0.750 bits per heavy atom. The van der Waals surface area contributed by atoms with E-state index in [9.17, 15) is 4.79 Å². The Bertz CT molecular complexity index is 808. The van der Waals surface area contributed by atoms with Crippen LogP contribution < -0.4 is 0 Å². The van der Waals surface area contributed by atoms with Crippen molar-refractivity contribution in [2.75, 3.05) is 19.8 Å². The molecular formula is C31H62O5Si4. The molecule has 0 aliphatic carbocycles. The topological polar surface area (TPSA) is 54.0 Å². The van der Waals surface area contributed by atoms with E-state index in [2.05, 4.69) is 65.5 Å². The van der Waals surface area contributed by atoms with E-state index in [0.717, 1.165) is 93.9 Å². The lowest BCUT2D eigenvalue weighted by molar-refractivity contribution is -0.302. The van der Waals surface area contributed by atoms with Crippen LogP contribution in [0, 0.1) is 5.41 Å². The van der Waals surface area contributed by atoms with Crippen molar-refractivity contribution in [1.82, 2.24) is 0 Å². The van der Waals surface area contributed by atoms with Gasteiger partial charge in [-0.25, -0.2) is 4.79 Å². The van der Waals surface area contributed by atoms with E-state index in [4.69, 9.17) is 18.9 Å². The highest BCUT2D eigenvalue weighted by atomic mass is 28.3. The van der Waals surface area contributed by atoms with E-state index >= 15 is 0 Å². The average Bonchev–Trinajstić information content (AvgIpc) is 2.88. The first-order valence-electron chi connectivity index (χ1n) is 16.2. The van der Waals surface area contributed by atoms with Crippen molar-refractivity contribution in [1.29, 1.82) is 0 Å². The monoisotopic (exact) mass is 626 g/mol. The summed E-state index contributed by atoms with van der Waals surface area (Å²) in [5, 5.41) is -1.34. The maximum Gasteiger partial charge on any atom is 0.333 e. The summed E-state index contributed by atoms with van der Waals surface area (Å²) in [6.45, 7) is 30.7. The van der Waals surface area contributed by atoms with Gasteiger partial charge in [0.25, 0.3) is 0 Å². The molecule has 0 spiro atoms. The van der Waals surface area contributed by atoms with Crippen LogP contribution in [-0.2, 0) is 23.7 Å². The third kappa shape index (κ3) is 5.19. The molecule has 3 heterocycles. The Kier molecular flexibility index (Phi) is 10.5. The second-order valence-electron chi connectivity index (χ2n) is 16.0. The predicted octanol–water partition coefficient (Wildman–Crippen LogP) is 6.69. The lowest BCUT2D eigenvalue weighted by atomic mass is 9.61. The molecular weight excluding hydrogens is 565 g/mol. The van der Waals surface area contributed by atoms with E-state index in [0.29, 0.717) is 5.57 Å². The zero-order valence-corrected chi connectivity index (χ0v) is 33.0. The van der Waals surface area contributed by atoms with Gasteiger partial charge in [-0.2, -0.15) is 0 Å². The molecule has 0 amide bonds. The van der Waals surface area contributed by atoms with Crippen molar-refractivity contribution in [3.8, 4) is 0 Å². The molecule has 3 saturated heterocycles. The van der Waals surface area contributed by atoms with Crippen molar-refractivity contribution in [3.63, 3.8) is 0 Å². The highest BCUT2D eigenvalue weighted by Crippen LogP contribution is 2.70. The summed E-state index contributed by atoms with van der Waals surface area (Å²) in [6.07, 6.45) is 9.32. The third-order valence-electron chi connectivity index (χ3n) is 10.8. The van der Waals surface area contributed by atoms with Crippen LogP contribution in [0.5, 0.6) is 0 Å². The standard InChI is InChI=1S/C31H62O5Si4/c1-25(2)27(32)36-26(24-37)31(28(38(3,4)5)18-12-15-21-33-28,29(39(6,7)8)19-13-16-22-34-29)30(40(9,10)11)20-14-17-23-35-30/h26H,1,12-24H2,2-11,37H3. The summed E-state index contributed by atoms with van der Waals surface area (Å²) in [7, 11) is -5.55. The minimum absolute atomic E-state index is 0.269. The predicted molar refractivity (Wildman–Crippen MR) is 180 cm³/mol. The molecule has 0 saturated carbocycles. The number of carbonyl (C=O) groups excluding carboxylic acids is 1. The van der Waals surface area contributed by atoms with Gasteiger partial charge in [-0.05, 0) is 70.8 Å². The molecule has 0 aromatic rings. The zero-order valence-electron chi connectivity index (χ0n) is 28.0. The molecule has 0 N–H and O–H groups in total. The number of carbonyl (C=O) groups is 1. The highest BCUT2D eigenvalue weighted by Gasteiger charge is 2.83. The van der Waals surface area contributed by atoms with Crippen LogP contribution >= 0.6 is 0 Å². The first-order valence-corrected chi connectivity index (χ1v) is 28.1. The SMILES string of the molecule is C=C(C)C(=O)OC(C[SiH3])C(C1([Si](C)(C)C)CCCCO1)(C1([Si](C)(C)C)CCCCO1)C1([Si](C)(C)C)CCCCO1. The van der Waals surface area contributed by atoms with Gasteiger partial charge in [0, 0.05) is 35.6 Å². The molecule has 9 heteroatoms. The summed E-state index contributed by atoms with van der Waals surface area (Å²) in [5.41, 5.74) is -0.126. The summed E-state index contributed by atoms with van der Waals surface area (Å²) < 4.78 is 29.4. The van der Waals surface area contributed by atoms with Crippen LogP contribution in [0.1, 0.15) is 64.7 Å². The molecule has 0 aromatic carbocycles. The summed E-state index contributed by atoms with van der Waals surface area (Å²) in [6, 6.07) is 0.847.